The number of rotatable bonds is 2. The lowest BCUT2D eigenvalue weighted by atomic mass is 10.00. The van der Waals surface area contributed by atoms with Crippen LogP contribution in [0.25, 0.3) is 0 Å². The van der Waals surface area contributed by atoms with E-state index in [0.29, 0.717) is 11.5 Å². The molecule has 1 aromatic rings. The van der Waals surface area contributed by atoms with Crippen molar-refractivity contribution in [2.45, 2.75) is 26.9 Å². The predicted molar refractivity (Wildman–Crippen MR) is 56.4 cm³/mol. The minimum absolute atomic E-state index is 0.0940. The molecule has 0 heterocycles. The standard InChI is InChI=1S/C12H12F3O2/c1-7(2)9-4-10(12(13,14)15)6-11(5-9)17-8(3)16/h4-6H,1-3H3. The van der Waals surface area contributed by atoms with Gasteiger partial charge in [0.15, 0.2) is 0 Å². The number of benzene rings is 1. The fourth-order valence-corrected chi connectivity index (χ4v) is 1.28. The van der Waals surface area contributed by atoms with E-state index in [-0.39, 0.29) is 5.75 Å². The van der Waals surface area contributed by atoms with Gasteiger partial charge in [-0.1, -0.05) is 13.8 Å². The van der Waals surface area contributed by atoms with Gasteiger partial charge in [0.2, 0.25) is 0 Å². The van der Waals surface area contributed by atoms with E-state index in [1.807, 2.05) is 0 Å². The number of halogens is 3. The van der Waals surface area contributed by atoms with Crippen LogP contribution in [0.1, 0.15) is 31.9 Å². The zero-order valence-corrected chi connectivity index (χ0v) is 9.68. The average molecular weight is 245 g/mol. The van der Waals surface area contributed by atoms with E-state index < -0.39 is 17.7 Å². The first-order valence-corrected chi connectivity index (χ1v) is 4.91. The van der Waals surface area contributed by atoms with Crippen molar-refractivity contribution in [3.8, 4) is 5.75 Å². The fraction of sp³-hybridized carbons (Fsp3) is 0.333. The topological polar surface area (TPSA) is 26.3 Å². The maximum Gasteiger partial charge on any atom is 0.416 e. The first kappa shape index (κ1) is 13.5. The summed E-state index contributed by atoms with van der Waals surface area (Å²) in [6.45, 7) is 4.52. The Hall–Kier alpha value is -1.52. The summed E-state index contributed by atoms with van der Waals surface area (Å²) in [6.07, 6.45) is -4.46. The second-order valence-electron chi connectivity index (χ2n) is 3.84. The summed E-state index contributed by atoms with van der Waals surface area (Å²) in [5.74, 6) is -0.0305. The molecule has 0 amide bonds. The molecule has 0 aliphatic rings. The molecule has 93 valence electrons. The Morgan fingerprint density at radius 1 is 1.12 bits per heavy atom. The van der Waals surface area contributed by atoms with Gasteiger partial charge in [-0.2, -0.15) is 13.2 Å². The minimum atomic E-state index is -4.46. The van der Waals surface area contributed by atoms with Gasteiger partial charge in [0.1, 0.15) is 5.75 Å². The highest BCUT2D eigenvalue weighted by molar-refractivity contribution is 5.69. The molecule has 0 saturated heterocycles. The number of hydrogen-bond acceptors (Lipinski definition) is 2. The number of ether oxygens (including phenoxy) is 1. The van der Waals surface area contributed by atoms with Crippen molar-refractivity contribution in [1.82, 2.24) is 0 Å². The van der Waals surface area contributed by atoms with Gasteiger partial charge < -0.3 is 4.74 Å². The van der Waals surface area contributed by atoms with Gasteiger partial charge >= 0.3 is 12.1 Å². The maximum absolute atomic E-state index is 12.6. The first-order valence-electron chi connectivity index (χ1n) is 4.91. The summed E-state index contributed by atoms with van der Waals surface area (Å²) in [4.78, 5) is 10.7. The summed E-state index contributed by atoms with van der Waals surface area (Å²) in [5, 5.41) is 0. The van der Waals surface area contributed by atoms with E-state index in [1.165, 1.54) is 6.07 Å². The van der Waals surface area contributed by atoms with E-state index in [9.17, 15) is 18.0 Å². The van der Waals surface area contributed by atoms with E-state index in [1.54, 1.807) is 13.8 Å². The third-order valence-corrected chi connectivity index (χ3v) is 2.07. The lowest BCUT2D eigenvalue weighted by molar-refractivity contribution is -0.138. The van der Waals surface area contributed by atoms with Crippen molar-refractivity contribution in [1.29, 1.82) is 0 Å². The smallest absolute Gasteiger partial charge is 0.416 e. The molecule has 1 aromatic carbocycles. The van der Waals surface area contributed by atoms with Crippen LogP contribution in [0.3, 0.4) is 0 Å². The molecule has 0 aliphatic heterocycles. The number of alkyl halides is 3. The Morgan fingerprint density at radius 3 is 2.12 bits per heavy atom. The molecule has 1 radical (unpaired) electrons. The molecule has 0 bridgehead atoms. The Morgan fingerprint density at radius 2 is 1.71 bits per heavy atom. The second-order valence-corrected chi connectivity index (χ2v) is 3.84. The molecular formula is C12H12F3O2. The number of hydrogen-bond donors (Lipinski definition) is 0. The average Bonchev–Trinajstić information content (AvgIpc) is 2.14. The van der Waals surface area contributed by atoms with Gasteiger partial charge in [0.25, 0.3) is 0 Å². The lowest BCUT2D eigenvalue weighted by Crippen LogP contribution is -2.09. The number of esters is 1. The zero-order chi connectivity index (χ0) is 13.2. The molecule has 5 heteroatoms. The predicted octanol–water partition coefficient (Wildman–Crippen LogP) is 3.59. The summed E-state index contributed by atoms with van der Waals surface area (Å²) >= 11 is 0. The molecule has 0 saturated carbocycles. The summed E-state index contributed by atoms with van der Waals surface area (Å²) in [6, 6.07) is 3.25. The van der Waals surface area contributed by atoms with Gasteiger partial charge in [-0.05, 0) is 29.7 Å². The van der Waals surface area contributed by atoms with Crippen LogP contribution in [0, 0.1) is 5.92 Å². The monoisotopic (exact) mass is 245 g/mol. The summed E-state index contributed by atoms with van der Waals surface area (Å²) in [7, 11) is 0. The van der Waals surface area contributed by atoms with Crippen molar-refractivity contribution in [3.63, 3.8) is 0 Å². The normalized spacial score (nSPS) is 11.7. The van der Waals surface area contributed by atoms with Gasteiger partial charge in [-0.15, -0.1) is 0 Å². The van der Waals surface area contributed by atoms with Crippen molar-refractivity contribution in [2.75, 3.05) is 0 Å². The van der Waals surface area contributed by atoms with Gasteiger partial charge in [0.05, 0.1) is 5.56 Å². The summed E-state index contributed by atoms with van der Waals surface area (Å²) in [5.41, 5.74) is -0.427. The van der Waals surface area contributed by atoms with Crippen LogP contribution < -0.4 is 4.74 Å². The highest BCUT2D eigenvalue weighted by atomic mass is 19.4. The molecule has 1 rings (SSSR count). The molecule has 17 heavy (non-hydrogen) atoms. The van der Waals surface area contributed by atoms with Crippen LogP contribution in [0.2, 0.25) is 0 Å². The van der Waals surface area contributed by atoms with Crippen LogP contribution in [0.15, 0.2) is 18.2 Å². The third-order valence-electron chi connectivity index (χ3n) is 2.07. The quantitative estimate of drug-likeness (QED) is 0.588. The van der Waals surface area contributed by atoms with Crippen molar-refractivity contribution in [2.24, 2.45) is 0 Å². The molecule has 2 nitrogen and oxygen atoms in total. The molecule has 0 unspecified atom stereocenters. The number of carbonyl (C=O) groups excluding carboxylic acids is 1. The Labute approximate surface area is 97.4 Å². The third kappa shape index (κ3) is 3.76. The van der Waals surface area contributed by atoms with Crippen LogP contribution in [-0.4, -0.2) is 5.97 Å². The van der Waals surface area contributed by atoms with Gasteiger partial charge in [-0.25, -0.2) is 0 Å². The minimum Gasteiger partial charge on any atom is -0.427 e. The van der Waals surface area contributed by atoms with Crippen LogP contribution in [0.5, 0.6) is 5.75 Å². The molecule has 0 spiro atoms. The first-order chi connectivity index (χ1) is 7.70. The molecule has 0 N–H and O–H groups in total. The molecular weight excluding hydrogens is 233 g/mol. The van der Waals surface area contributed by atoms with E-state index in [2.05, 4.69) is 4.74 Å². The molecule has 0 atom stereocenters. The van der Waals surface area contributed by atoms with Crippen LogP contribution in [-0.2, 0) is 11.0 Å². The Balaban J connectivity index is 3.23. The SMILES string of the molecule is C[C](C)c1cc(OC(C)=O)cc(C(F)(F)F)c1. The van der Waals surface area contributed by atoms with E-state index >= 15 is 0 Å². The zero-order valence-electron chi connectivity index (χ0n) is 9.68. The second kappa shape index (κ2) is 4.77. The summed E-state index contributed by atoms with van der Waals surface area (Å²) < 4.78 is 42.5. The van der Waals surface area contributed by atoms with Crippen molar-refractivity contribution < 1.29 is 22.7 Å². The number of carbonyl (C=O) groups is 1. The van der Waals surface area contributed by atoms with Crippen LogP contribution >= 0.6 is 0 Å². The van der Waals surface area contributed by atoms with Gasteiger partial charge in [-0.3, -0.25) is 4.79 Å². The molecule has 0 aliphatic carbocycles. The van der Waals surface area contributed by atoms with E-state index in [4.69, 9.17) is 0 Å². The Bertz CT molecular complexity index is 422. The van der Waals surface area contributed by atoms with Gasteiger partial charge in [0, 0.05) is 6.92 Å². The van der Waals surface area contributed by atoms with Crippen molar-refractivity contribution >= 4 is 5.97 Å². The van der Waals surface area contributed by atoms with E-state index in [0.717, 1.165) is 19.1 Å². The Kier molecular flexibility index (Phi) is 3.80. The largest absolute Gasteiger partial charge is 0.427 e. The van der Waals surface area contributed by atoms with Crippen molar-refractivity contribution in [3.05, 3.63) is 35.2 Å². The maximum atomic E-state index is 12.6. The lowest BCUT2D eigenvalue weighted by Gasteiger charge is -2.13. The molecule has 0 fully saturated rings. The highest BCUT2D eigenvalue weighted by Crippen LogP contribution is 2.34. The highest BCUT2D eigenvalue weighted by Gasteiger charge is 2.31. The fourth-order valence-electron chi connectivity index (χ4n) is 1.28. The van der Waals surface area contributed by atoms with Crippen LogP contribution in [0.4, 0.5) is 13.2 Å². The molecule has 0 aromatic heterocycles.